The van der Waals surface area contributed by atoms with Crippen LogP contribution in [0, 0.1) is 0 Å². The van der Waals surface area contributed by atoms with Gasteiger partial charge in [-0.25, -0.2) is 4.99 Å². The van der Waals surface area contributed by atoms with Gasteiger partial charge in [-0.15, -0.1) is 0 Å². The lowest BCUT2D eigenvalue weighted by Gasteiger charge is -2.35. The van der Waals surface area contributed by atoms with E-state index in [1.165, 1.54) is 66.7 Å². The summed E-state index contributed by atoms with van der Waals surface area (Å²) in [4.78, 5) is 7.86. The summed E-state index contributed by atoms with van der Waals surface area (Å²) in [6.45, 7) is 0. The molecule has 4 nitrogen and oxygen atoms in total. The number of hydrogen-bond acceptors (Lipinski definition) is 4. The summed E-state index contributed by atoms with van der Waals surface area (Å²) in [5, 5.41) is 10.0. The molecular weight excluding hydrogens is 729 g/mol. The van der Waals surface area contributed by atoms with E-state index in [1.807, 2.05) is 6.07 Å². The summed E-state index contributed by atoms with van der Waals surface area (Å²) in [7, 11) is 0. The van der Waals surface area contributed by atoms with Crippen LogP contribution >= 0.6 is 0 Å². The van der Waals surface area contributed by atoms with Crippen LogP contribution in [0.3, 0.4) is 0 Å². The van der Waals surface area contributed by atoms with Gasteiger partial charge in [-0.1, -0.05) is 206 Å². The highest BCUT2D eigenvalue weighted by atomic mass is 15.3. The fraction of sp³-hybridized carbons (Fsp3) is 0.0893. The average molecular weight is 771 g/mol. The monoisotopic (exact) mass is 770 g/mol. The Morgan fingerprint density at radius 3 is 1.85 bits per heavy atom. The lowest BCUT2D eigenvalue weighted by atomic mass is 9.66. The van der Waals surface area contributed by atoms with E-state index in [0.717, 1.165) is 17.0 Å². The van der Waals surface area contributed by atoms with Crippen molar-refractivity contribution in [3.05, 3.63) is 263 Å². The van der Waals surface area contributed by atoms with Crippen molar-refractivity contribution in [3.63, 3.8) is 0 Å². The molecule has 12 rings (SSSR count). The van der Waals surface area contributed by atoms with Gasteiger partial charge in [0.25, 0.3) is 0 Å². The molecule has 0 saturated heterocycles. The second-order valence-electron chi connectivity index (χ2n) is 16.2. The Balaban J connectivity index is 1.05. The molecule has 4 heteroatoms. The van der Waals surface area contributed by atoms with Gasteiger partial charge in [-0.05, 0) is 67.6 Å². The SMILES string of the molecule is C1=CC2c3c4c(c5ccccc5c3N(c3ccc(C5N=C(c6ccccc6)NC(c6ccccc6)N5)cc3)C2C=C1)C(c1ccccc1)(c1ccccc1)c1ccccc1-4. The van der Waals surface area contributed by atoms with Crippen LogP contribution in [0.1, 0.15) is 62.8 Å². The number of benzene rings is 8. The molecule has 8 aromatic rings. The van der Waals surface area contributed by atoms with E-state index in [0.29, 0.717) is 0 Å². The first kappa shape index (κ1) is 34.7. The maximum absolute atomic E-state index is 5.25. The second-order valence-corrected chi connectivity index (χ2v) is 16.2. The molecule has 4 aliphatic rings. The van der Waals surface area contributed by atoms with Crippen LogP contribution < -0.4 is 15.5 Å². The summed E-state index contributed by atoms with van der Waals surface area (Å²) in [5.41, 5.74) is 14.7. The third kappa shape index (κ3) is 5.17. The van der Waals surface area contributed by atoms with Gasteiger partial charge < -0.3 is 10.2 Å². The van der Waals surface area contributed by atoms with Gasteiger partial charge in [0.2, 0.25) is 0 Å². The molecule has 0 amide bonds. The van der Waals surface area contributed by atoms with Crippen molar-refractivity contribution in [2.24, 2.45) is 4.99 Å². The summed E-state index contributed by atoms with van der Waals surface area (Å²) in [6, 6.07) is 71.0. The Kier molecular flexibility index (Phi) is 8.07. The molecule has 286 valence electrons. The molecule has 0 fully saturated rings. The Morgan fingerprint density at radius 1 is 0.533 bits per heavy atom. The van der Waals surface area contributed by atoms with Gasteiger partial charge in [0.15, 0.2) is 0 Å². The van der Waals surface area contributed by atoms with Crippen LogP contribution in [0.15, 0.2) is 223 Å². The van der Waals surface area contributed by atoms with Crippen molar-refractivity contribution >= 4 is 28.0 Å². The maximum atomic E-state index is 5.25. The van der Waals surface area contributed by atoms with Crippen LogP contribution in [-0.4, -0.2) is 11.9 Å². The summed E-state index contributed by atoms with van der Waals surface area (Å²) in [6.07, 6.45) is 8.98. The largest absolute Gasteiger partial charge is 0.350 e. The highest BCUT2D eigenvalue weighted by Crippen LogP contribution is 2.64. The topological polar surface area (TPSA) is 39.7 Å². The number of hydrogen-bond donors (Lipinski definition) is 2. The minimum atomic E-state index is -0.500. The minimum absolute atomic E-state index is 0.0933. The number of fused-ring (bicyclic) bond motifs is 10. The molecule has 0 saturated carbocycles. The number of nitrogens with zero attached hydrogens (tertiary/aromatic N) is 2. The molecule has 8 aromatic carbocycles. The summed E-state index contributed by atoms with van der Waals surface area (Å²) in [5.74, 6) is 1.05. The molecule has 2 aliphatic heterocycles. The Hall–Kier alpha value is -7.27. The van der Waals surface area contributed by atoms with Gasteiger partial charge in [-0.3, -0.25) is 5.32 Å². The Labute approximate surface area is 350 Å². The fourth-order valence-corrected chi connectivity index (χ4v) is 10.7. The number of allylic oxidation sites excluding steroid dienone is 2. The van der Waals surface area contributed by atoms with Crippen LogP contribution in [0.4, 0.5) is 11.4 Å². The number of rotatable bonds is 6. The molecule has 4 atom stereocenters. The van der Waals surface area contributed by atoms with Gasteiger partial charge >= 0.3 is 0 Å². The van der Waals surface area contributed by atoms with E-state index < -0.39 is 5.41 Å². The van der Waals surface area contributed by atoms with Crippen LogP contribution in [0.25, 0.3) is 21.9 Å². The standard InChI is InChI=1S/C56H42N4/c1-5-19-37(20-6-1)53-57-54(38-21-7-2-8-22-38)59-55(58-53)39-33-35-42(36-34-39)60-48-32-18-16-30-46(48)50-49-45-29-15-17-31-47(45)56(40-23-9-3-10-24-40,41-25-11-4-12-26-41)51(49)43-27-13-14-28-44(43)52(50)60/h1-36,46,48,53,55,58H,(H,57,59). The normalized spacial score (nSPS) is 20.5. The average Bonchev–Trinajstić information content (AvgIpc) is 3.85. The molecule has 4 unspecified atom stereocenters. The van der Waals surface area contributed by atoms with E-state index in [-0.39, 0.29) is 24.3 Å². The van der Waals surface area contributed by atoms with Crippen LogP contribution in [0.5, 0.6) is 0 Å². The Morgan fingerprint density at radius 2 is 1.13 bits per heavy atom. The van der Waals surface area contributed by atoms with E-state index in [9.17, 15) is 0 Å². The maximum Gasteiger partial charge on any atom is 0.131 e. The van der Waals surface area contributed by atoms with E-state index in [1.54, 1.807) is 0 Å². The predicted octanol–water partition coefficient (Wildman–Crippen LogP) is 12.3. The second kappa shape index (κ2) is 13.9. The molecule has 0 aromatic heterocycles. The fourth-order valence-electron chi connectivity index (χ4n) is 10.7. The van der Waals surface area contributed by atoms with Crippen molar-refractivity contribution in [1.29, 1.82) is 0 Å². The van der Waals surface area contributed by atoms with Gasteiger partial charge in [0, 0.05) is 22.6 Å². The molecule has 2 heterocycles. The third-order valence-corrected chi connectivity index (χ3v) is 13.1. The zero-order valence-electron chi connectivity index (χ0n) is 33.0. The molecule has 0 bridgehead atoms. The quantitative estimate of drug-likeness (QED) is 0.177. The third-order valence-electron chi connectivity index (χ3n) is 13.1. The highest BCUT2D eigenvalue weighted by molar-refractivity contribution is 6.11. The summed E-state index contributed by atoms with van der Waals surface area (Å²) >= 11 is 0. The van der Waals surface area contributed by atoms with E-state index >= 15 is 0 Å². The first-order valence-corrected chi connectivity index (χ1v) is 21.0. The zero-order valence-corrected chi connectivity index (χ0v) is 33.0. The number of nitrogens with one attached hydrogen (secondary N) is 2. The number of aliphatic imine (C=N–C) groups is 1. The Bertz CT molecular complexity index is 2950. The van der Waals surface area contributed by atoms with Gasteiger partial charge in [0.1, 0.15) is 18.2 Å². The van der Waals surface area contributed by atoms with Crippen LogP contribution in [0.2, 0.25) is 0 Å². The molecule has 60 heavy (non-hydrogen) atoms. The number of anilines is 2. The zero-order chi connectivity index (χ0) is 39.6. The first-order chi connectivity index (χ1) is 29.8. The highest BCUT2D eigenvalue weighted by Gasteiger charge is 2.52. The van der Waals surface area contributed by atoms with Crippen molar-refractivity contribution in [1.82, 2.24) is 10.6 Å². The summed E-state index contributed by atoms with van der Waals surface area (Å²) < 4.78 is 0. The van der Waals surface area contributed by atoms with Crippen LogP contribution in [-0.2, 0) is 5.41 Å². The van der Waals surface area contributed by atoms with Crippen molar-refractivity contribution in [2.45, 2.75) is 29.7 Å². The van der Waals surface area contributed by atoms with Crippen molar-refractivity contribution in [3.8, 4) is 11.1 Å². The minimum Gasteiger partial charge on any atom is -0.350 e. The molecule has 2 N–H and O–H groups in total. The predicted molar refractivity (Wildman–Crippen MR) is 246 cm³/mol. The first-order valence-electron chi connectivity index (χ1n) is 21.0. The van der Waals surface area contributed by atoms with Gasteiger partial charge in [-0.2, -0.15) is 0 Å². The number of amidine groups is 1. The van der Waals surface area contributed by atoms with Crippen molar-refractivity contribution < 1.29 is 0 Å². The molecule has 0 radical (unpaired) electrons. The smallest absolute Gasteiger partial charge is 0.131 e. The molecule has 2 aliphatic carbocycles. The lowest BCUT2D eigenvalue weighted by molar-refractivity contribution is 0.409. The van der Waals surface area contributed by atoms with E-state index in [2.05, 4.69) is 228 Å². The van der Waals surface area contributed by atoms with Gasteiger partial charge in [0.05, 0.1) is 17.1 Å². The molecular formula is C56H42N4. The molecule has 0 spiro atoms. The van der Waals surface area contributed by atoms with Crippen molar-refractivity contribution in [2.75, 3.05) is 4.90 Å². The van der Waals surface area contributed by atoms with E-state index in [4.69, 9.17) is 4.99 Å². The lowest BCUT2D eigenvalue weighted by Crippen LogP contribution is -2.44.